The molecule has 30 heavy (non-hydrogen) atoms. The highest BCUT2D eigenvalue weighted by Gasteiger charge is 2.12. The van der Waals surface area contributed by atoms with Crippen molar-refractivity contribution >= 4 is 45.6 Å². The number of amides is 1. The van der Waals surface area contributed by atoms with E-state index in [0.717, 1.165) is 5.69 Å². The fourth-order valence-corrected chi connectivity index (χ4v) is 2.95. The van der Waals surface area contributed by atoms with Gasteiger partial charge in [-0.05, 0) is 54.7 Å². The Morgan fingerprint density at radius 3 is 2.37 bits per heavy atom. The van der Waals surface area contributed by atoms with Crippen LogP contribution in [0.1, 0.15) is 10.4 Å². The van der Waals surface area contributed by atoms with Gasteiger partial charge in [0.15, 0.2) is 5.11 Å². The van der Waals surface area contributed by atoms with Crippen molar-refractivity contribution in [2.75, 3.05) is 5.32 Å². The summed E-state index contributed by atoms with van der Waals surface area (Å²) >= 11 is 5.19. The molecule has 0 saturated heterocycles. The number of rotatable bonds is 4. The molecule has 0 radical (unpaired) electrons. The molecule has 0 saturated carbocycles. The van der Waals surface area contributed by atoms with Gasteiger partial charge in [-0.3, -0.25) is 20.2 Å². The maximum Gasteiger partial charge on any atom is 0.269 e. The number of fused-ring (bicyclic) bond motifs is 1. The molecule has 148 valence electrons. The molecule has 10 heteroatoms. The number of nitrogens with one attached hydrogen (secondary N) is 2. The third kappa shape index (κ3) is 4.13. The maximum atomic E-state index is 12.3. The van der Waals surface area contributed by atoms with Gasteiger partial charge in [0.1, 0.15) is 11.0 Å². The zero-order chi connectivity index (χ0) is 21.1. The Morgan fingerprint density at radius 2 is 1.67 bits per heavy atom. The van der Waals surface area contributed by atoms with Crippen LogP contribution in [0.15, 0.2) is 72.8 Å². The van der Waals surface area contributed by atoms with Gasteiger partial charge >= 0.3 is 0 Å². The maximum absolute atomic E-state index is 12.3. The van der Waals surface area contributed by atoms with E-state index in [1.54, 1.807) is 23.0 Å². The van der Waals surface area contributed by atoms with Crippen molar-refractivity contribution in [2.24, 2.45) is 0 Å². The lowest BCUT2D eigenvalue weighted by molar-refractivity contribution is -0.384. The Labute approximate surface area is 175 Å². The largest absolute Gasteiger partial charge is 0.332 e. The van der Waals surface area contributed by atoms with Crippen molar-refractivity contribution < 1.29 is 9.72 Å². The van der Waals surface area contributed by atoms with Gasteiger partial charge in [0, 0.05) is 23.4 Å². The second-order valence-corrected chi connectivity index (χ2v) is 6.65. The third-order valence-corrected chi connectivity index (χ3v) is 4.40. The first-order valence-electron chi connectivity index (χ1n) is 8.79. The summed E-state index contributed by atoms with van der Waals surface area (Å²) in [5, 5.41) is 25.2. The third-order valence-electron chi connectivity index (χ3n) is 4.19. The van der Waals surface area contributed by atoms with Crippen molar-refractivity contribution in [3.05, 3.63) is 88.5 Å². The van der Waals surface area contributed by atoms with E-state index >= 15 is 0 Å². The Balaban J connectivity index is 1.45. The van der Waals surface area contributed by atoms with Crippen LogP contribution in [-0.2, 0) is 0 Å². The van der Waals surface area contributed by atoms with Crippen molar-refractivity contribution in [3.8, 4) is 5.69 Å². The summed E-state index contributed by atoms with van der Waals surface area (Å²) in [6, 6.07) is 20.1. The molecule has 1 aromatic heterocycles. The van der Waals surface area contributed by atoms with Crippen LogP contribution in [0.2, 0.25) is 0 Å². The number of nitro benzene ring substituents is 1. The highest BCUT2D eigenvalue weighted by Crippen LogP contribution is 2.18. The lowest BCUT2D eigenvalue weighted by Gasteiger charge is -2.09. The molecule has 0 aliphatic rings. The van der Waals surface area contributed by atoms with Gasteiger partial charge in [0.2, 0.25) is 0 Å². The number of benzene rings is 3. The SMILES string of the molecule is O=C(NC(=S)Nc1ccc2nn(-c3ccccc3)nc2c1)c1ccc([N+](=O)[O-])cc1. The number of non-ortho nitro benzene ring substituents is 1. The minimum absolute atomic E-state index is 0.0909. The van der Waals surface area contributed by atoms with Crippen LogP contribution >= 0.6 is 12.2 Å². The second-order valence-electron chi connectivity index (χ2n) is 6.24. The summed E-state index contributed by atoms with van der Waals surface area (Å²) in [5.74, 6) is -0.474. The molecule has 0 unspecified atom stereocenters. The second kappa shape index (κ2) is 8.05. The van der Waals surface area contributed by atoms with E-state index in [0.29, 0.717) is 16.7 Å². The van der Waals surface area contributed by atoms with E-state index in [-0.39, 0.29) is 16.4 Å². The van der Waals surface area contributed by atoms with Gasteiger partial charge in [-0.25, -0.2) is 0 Å². The molecule has 2 N–H and O–H groups in total. The zero-order valence-corrected chi connectivity index (χ0v) is 16.2. The summed E-state index contributed by atoms with van der Waals surface area (Å²) in [6.45, 7) is 0. The number of hydrogen-bond donors (Lipinski definition) is 2. The van der Waals surface area contributed by atoms with Crippen LogP contribution in [0.4, 0.5) is 11.4 Å². The molecule has 4 aromatic rings. The van der Waals surface area contributed by atoms with E-state index < -0.39 is 10.8 Å². The predicted molar refractivity (Wildman–Crippen MR) is 116 cm³/mol. The first-order chi connectivity index (χ1) is 14.5. The number of carbonyl (C=O) groups is 1. The lowest BCUT2D eigenvalue weighted by atomic mass is 10.2. The van der Waals surface area contributed by atoms with Crippen molar-refractivity contribution in [1.82, 2.24) is 20.3 Å². The fraction of sp³-hybridized carbons (Fsp3) is 0. The molecule has 0 bridgehead atoms. The number of nitrogens with zero attached hydrogens (tertiary/aromatic N) is 4. The number of aromatic nitrogens is 3. The zero-order valence-electron chi connectivity index (χ0n) is 15.4. The predicted octanol–water partition coefficient (Wildman–Crippen LogP) is 3.46. The average molecular weight is 418 g/mol. The summed E-state index contributed by atoms with van der Waals surface area (Å²) in [4.78, 5) is 24.0. The summed E-state index contributed by atoms with van der Waals surface area (Å²) in [7, 11) is 0. The molecule has 3 aromatic carbocycles. The first kappa shape index (κ1) is 19.2. The average Bonchev–Trinajstić information content (AvgIpc) is 3.18. The molecular weight excluding hydrogens is 404 g/mol. The molecule has 0 aliphatic heterocycles. The quantitative estimate of drug-likeness (QED) is 0.296. The summed E-state index contributed by atoms with van der Waals surface area (Å²) in [5.41, 5.74) is 3.01. The highest BCUT2D eigenvalue weighted by molar-refractivity contribution is 7.80. The molecule has 1 heterocycles. The molecule has 0 atom stereocenters. The number of para-hydroxylation sites is 1. The van der Waals surface area contributed by atoms with Crippen LogP contribution < -0.4 is 10.6 Å². The van der Waals surface area contributed by atoms with E-state index in [1.807, 2.05) is 30.3 Å². The smallest absolute Gasteiger partial charge is 0.269 e. The Morgan fingerprint density at radius 1 is 0.967 bits per heavy atom. The molecule has 0 spiro atoms. The summed E-state index contributed by atoms with van der Waals surface area (Å²) < 4.78 is 0. The number of carbonyl (C=O) groups excluding carboxylic acids is 1. The van der Waals surface area contributed by atoms with Crippen LogP contribution in [0, 0.1) is 10.1 Å². The van der Waals surface area contributed by atoms with Gasteiger partial charge in [-0.15, -0.1) is 10.2 Å². The lowest BCUT2D eigenvalue weighted by Crippen LogP contribution is -2.34. The highest BCUT2D eigenvalue weighted by atomic mass is 32.1. The summed E-state index contributed by atoms with van der Waals surface area (Å²) in [6.07, 6.45) is 0. The van der Waals surface area contributed by atoms with Crippen molar-refractivity contribution in [3.63, 3.8) is 0 Å². The standard InChI is InChI=1S/C20H14N6O3S/c27-19(13-6-9-16(10-7-13)26(28)29)22-20(30)21-14-8-11-17-18(12-14)24-25(23-17)15-4-2-1-3-5-15/h1-12H,(H2,21,22,27,30). The van der Waals surface area contributed by atoms with Gasteiger partial charge < -0.3 is 5.32 Å². The van der Waals surface area contributed by atoms with Gasteiger partial charge in [0.25, 0.3) is 11.6 Å². The Kier molecular flexibility index (Phi) is 5.14. The molecule has 0 aliphatic carbocycles. The molecule has 9 nitrogen and oxygen atoms in total. The van der Waals surface area contributed by atoms with Crippen molar-refractivity contribution in [1.29, 1.82) is 0 Å². The van der Waals surface area contributed by atoms with Gasteiger partial charge in [-0.2, -0.15) is 4.80 Å². The van der Waals surface area contributed by atoms with Crippen LogP contribution in [0.3, 0.4) is 0 Å². The molecular formula is C20H14N6O3S. The number of anilines is 1. The van der Waals surface area contributed by atoms with E-state index in [4.69, 9.17) is 12.2 Å². The van der Waals surface area contributed by atoms with E-state index in [1.165, 1.54) is 24.3 Å². The first-order valence-corrected chi connectivity index (χ1v) is 9.20. The van der Waals surface area contributed by atoms with Gasteiger partial charge in [0.05, 0.1) is 10.6 Å². The van der Waals surface area contributed by atoms with Crippen LogP contribution in [0.25, 0.3) is 16.7 Å². The number of thiocarbonyl (C=S) groups is 1. The molecule has 0 fully saturated rings. The topological polar surface area (TPSA) is 115 Å². The van der Waals surface area contributed by atoms with Crippen molar-refractivity contribution in [2.45, 2.75) is 0 Å². The number of hydrogen-bond acceptors (Lipinski definition) is 6. The Bertz CT molecular complexity index is 1250. The molecule has 1 amide bonds. The van der Waals surface area contributed by atoms with Gasteiger partial charge in [-0.1, -0.05) is 18.2 Å². The Hall–Kier alpha value is -4.18. The van der Waals surface area contributed by atoms with Crippen LogP contribution in [-0.4, -0.2) is 30.9 Å². The monoisotopic (exact) mass is 418 g/mol. The molecule has 4 rings (SSSR count). The fourth-order valence-electron chi connectivity index (χ4n) is 2.74. The number of nitro groups is 1. The minimum atomic E-state index is -0.530. The normalized spacial score (nSPS) is 10.5. The van der Waals surface area contributed by atoms with E-state index in [2.05, 4.69) is 20.8 Å². The van der Waals surface area contributed by atoms with Crippen LogP contribution in [0.5, 0.6) is 0 Å². The minimum Gasteiger partial charge on any atom is -0.332 e. The van der Waals surface area contributed by atoms with E-state index in [9.17, 15) is 14.9 Å².